The largest absolute Gasteiger partial charge is 0.410 e. The fourth-order valence-electron chi connectivity index (χ4n) is 5.97. The molecule has 5 nitrogen and oxygen atoms in total. The Morgan fingerprint density at radius 2 is 1.67 bits per heavy atom. The van der Waals surface area contributed by atoms with E-state index in [0.717, 1.165) is 53.5 Å². The summed E-state index contributed by atoms with van der Waals surface area (Å²) in [4.78, 5) is 15.8. The van der Waals surface area contributed by atoms with Crippen LogP contribution >= 0.6 is 0 Å². The van der Waals surface area contributed by atoms with E-state index >= 15 is 0 Å². The smallest absolute Gasteiger partial charge is 0.363 e. The van der Waals surface area contributed by atoms with E-state index in [1.807, 2.05) is 60.7 Å². The summed E-state index contributed by atoms with van der Waals surface area (Å²) in [6.45, 7) is 2.69. The minimum atomic E-state index is -4.48. The second-order valence-corrected chi connectivity index (χ2v) is 10.8. The number of carbonyl (C=O) groups excluding carboxylic acids is 1. The maximum Gasteiger partial charge on any atom is 0.410 e. The van der Waals surface area contributed by atoms with Gasteiger partial charge in [-0.05, 0) is 59.8 Å². The van der Waals surface area contributed by atoms with Crippen molar-refractivity contribution in [2.75, 3.05) is 18.4 Å². The van der Waals surface area contributed by atoms with Crippen LogP contribution in [0.4, 0.5) is 19.0 Å². The van der Waals surface area contributed by atoms with Gasteiger partial charge in [-0.2, -0.15) is 18.3 Å². The Kier molecular flexibility index (Phi) is 6.89. The first-order chi connectivity index (χ1) is 18.8. The van der Waals surface area contributed by atoms with Crippen LogP contribution in [0, 0.1) is 5.92 Å². The predicted molar refractivity (Wildman–Crippen MR) is 146 cm³/mol. The van der Waals surface area contributed by atoms with Gasteiger partial charge < -0.3 is 5.32 Å². The van der Waals surface area contributed by atoms with Gasteiger partial charge in [0.2, 0.25) is 0 Å². The second-order valence-electron chi connectivity index (χ2n) is 10.8. The van der Waals surface area contributed by atoms with Crippen molar-refractivity contribution in [2.24, 2.45) is 5.92 Å². The Balaban J connectivity index is 1.18. The van der Waals surface area contributed by atoms with Gasteiger partial charge in [-0.15, -0.1) is 0 Å². The van der Waals surface area contributed by atoms with Crippen LogP contribution in [0.5, 0.6) is 0 Å². The molecule has 39 heavy (non-hydrogen) atoms. The number of benzene rings is 3. The van der Waals surface area contributed by atoms with Gasteiger partial charge in [0, 0.05) is 19.4 Å². The van der Waals surface area contributed by atoms with Gasteiger partial charge >= 0.3 is 6.18 Å². The summed E-state index contributed by atoms with van der Waals surface area (Å²) in [5, 5.41) is 9.31. The topological polar surface area (TPSA) is 50.2 Å². The van der Waals surface area contributed by atoms with E-state index in [0.29, 0.717) is 6.42 Å². The normalized spacial score (nSPS) is 20.5. The summed E-state index contributed by atoms with van der Waals surface area (Å²) < 4.78 is 43.4. The quantitative estimate of drug-likeness (QED) is 0.267. The van der Waals surface area contributed by atoms with Crippen molar-refractivity contribution < 1.29 is 18.0 Å². The number of likely N-dealkylation sites (tertiary alicyclic amines) is 1. The average Bonchev–Trinajstić information content (AvgIpc) is 3.37. The Morgan fingerprint density at radius 1 is 0.949 bits per heavy atom. The molecule has 2 aliphatic heterocycles. The highest BCUT2D eigenvalue weighted by Gasteiger charge is 2.47. The lowest BCUT2D eigenvalue weighted by Gasteiger charge is -2.34. The molecule has 4 aromatic rings. The lowest BCUT2D eigenvalue weighted by molar-refractivity contribution is -0.173. The van der Waals surface area contributed by atoms with E-state index in [-0.39, 0.29) is 29.5 Å². The molecule has 0 spiro atoms. The molecule has 0 bridgehead atoms. The number of rotatable bonds is 6. The molecule has 2 atom stereocenters. The monoisotopic (exact) mass is 532 g/mol. The molecule has 0 saturated carbocycles. The summed E-state index contributed by atoms with van der Waals surface area (Å²) >= 11 is 0. The third-order valence-corrected chi connectivity index (χ3v) is 8.14. The molecule has 6 rings (SSSR count). The maximum absolute atomic E-state index is 14.2. The number of anilines is 1. The Morgan fingerprint density at radius 3 is 2.41 bits per heavy atom. The SMILES string of the molecule is O=C(CC1CCN(Cc2ccccc2)CC1)c1cnn2c1NC(c1ccc3ccccc3c1)CC2C(F)(F)F. The van der Waals surface area contributed by atoms with Crippen LogP contribution in [-0.2, 0) is 6.54 Å². The van der Waals surface area contributed by atoms with Crippen LogP contribution in [0.1, 0.15) is 59.3 Å². The third-order valence-electron chi connectivity index (χ3n) is 8.14. The van der Waals surface area contributed by atoms with Crippen LogP contribution in [0.25, 0.3) is 10.8 Å². The van der Waals surface area contributed by atoms with Crippen LogP contribution < -0.4 is 5.32 Å². The molecule has 1 N–H and O–H groups in total. The number of hydrogen-bond donors (Lipinski definition) is 1. The minimum absolute atomic E-state index is 0.148. The fraction of sp³-hybridized carbons (Fsp3) is 0.355. The van der Waals surface area contributed by atoms with Crippen molar-refractivity contribution in [2.45, 2.75) is 50.5 Å². The number of halogens is 3. The number of carbonyl (C=O) groups is 1. The first-order valence-electron chi connectivity index (χ1n) is 13.5. The standard InChI is InChI=1S/C31H31F3N4O/c32-31(33,34)29-18-27(25-11-10-23-8-4-5-9-24(23)17-25)36-30-26(19-35-38(29)30)28(39)16-21-12-14-37(15-13-21)20-22-6-2-1-3-7-22/h1-11,17,19,21,27,29,36H,12-16,18,20H2. The number of aromatic nitrogens is 2. The second kappa shape index (κ2) is 10.5. The highest BCUT2D eigenvalue weighted by Crippen LogP contribution is 2.45. The Hall–Kier alpha value is -3.65. The number of Topliss-reactive ketones (excluding diaryl/α,β-unsaturated/α-hetero) is 1. The molecular weight excluding hydrogens is 501 g/mol. The van der Waals surface area contributed by atoms with Crippen LogP contribution in [0.2, 0.25) is 0 Å². The molecule has 1 fully saturated rings. The van der Waals surface area contributed by atoms with E-state index in [4.69, 9.17) is 0 Å². The molecule has 0 radical (unpaired) electrons. The summed E-state index contributed by atoms with van der Waals surface area (Å²) in [5.74, 6) is 0.233. The van der Waals surface area contributed by atoms with E-state index in [9.17, 15) is 18.0 Å². The minimum Gasteiger partial charge on any atom is -0.363 e. The summed E-state index contributed by atoms with van der Waals surface area (Å²) in [6.07, 6.45) is -1.26. The number of alkyl halides is 3. The molecule has 2 unspecified atom stereocenters. The zero-order valence-corrected chi connectivity index (χ0v) is 21.6. The van der Waals surface area contributed by atoms with E-state index in [1.54, 1.807) is 0 Å². The van der Waals surface area contributed by atoms with Crippen molar-refractivity contribution in [3.05, 3.63) is 95.7 Å². The summed E-state index contributed by atoms with van der Waals surface area (Å²) in [7, 11) is 0. The van der Waals surface area contributed by atoms with Gasteiger partial charge in [0.15, 0.2) is 11.8 Å². The summed E-state index contributed by atoms with van der Waals surface area (Å²) in [6, 6.07) is 21.4. The molecule has 0 aliphatic carbocycles. The molecule has 3 heterocycles. The zero-order valence-electron chi connectivity index (χ0n) is 21.6. The lowest BCUT2D eigenvalue weighted by Crippen LogP contribution is -2.36. The number of hydrogen-bond acceptors (Lipinski definition) is 4. The Bertz CT molecular complexity index is 1460. The van der Waals surface area contributed by atoms with E-state index < -0.39 is 18.3 Å². The fourth-order valence-corrected chi connectivity index (χ4v) is 5.97. The van der Waals surface area contributed by atoms with Crippen molar-refractivity contribution in [3.63, 3.8) is 0 Å². The lowest BCUT2D eigenvalue weighted by atomic mass is 9.89. The van der Waals surface area contributed by atoms with E-state index in [2.05, 4.69) is 27.4 Å². The first-order valence-corrected chi connectivity index (χ1v) is 13.5. The van der Waals surface area contributed by atoms with E-state index in [1.165, 1.54) is 11.8 Å². The van der Waals surface area contributed by atoms with Crippen molar-refractivity contribution in [1.82, 2.24) is 14.7 Å². The van der Waals surface area contributed by atoms with Gasteiger partial charge in [0.1, 0.15) is 5.82 Å². The molecule has 202 valence electrons. The molecule has 3 aromatic carbocycles. The number of piperidine rings is 1. The molecule has 1 aromatic heterocycles. The predicted octanol–water partition coefficient (Wildman–Crippen LogP) is 7.18. The number of nitrogens with one attached hydrogen (secondary N) is 1. The van der Waals surface area contributed by atoms with Crippen LogP contribution in [0.15, 0.2) is 79.0 Å². The van der Waals surface area contributed by atoms with Gasteiger partial charge in [-0.25, -0.2) is 4.68 Å². The van der Waals surface area contributed by atoms with Crippen molar-refractivity contribution >= 4 is 22.4 Å². The maximum atomic E-state index is 14.2. The molecule has 1 saturated heterocycles. The van der Waals surface area contributed by atoms with Crippen LogP contribution in [-0.4, -0.2) is 39.7 Å². The number of fused-ring (bicyclic) bond motifs is 2. The zero-order chi connectivity index (χ0) is 27.0. The van der Waals surface area contributed by atoms with Crippen molar-refractivity contribution in [3.8, 4) is 0 Å². The highest BCUT2D eigenvalue weighted by atomic mass is 19.4. The molecular formula is C31H31F3N4O. The highest BCUT2D eigenvalue weighted by molar-refractivity contribution is 6.00. The number of nitrogens with zero attached hydrogens (tertiary/aromatic N) is 3. The van der Waals surface area contributed by atoms with Crippen LogP contribution in [0.3, 0.4) is 0 Å². The van der Waals surface area contributed by atoms with Gasteiger partial charge in [-0.1, -0.05) is 66.7 Å². The van der Waals surface area contributed by atoms with Crippen molar-refractivity contribution in [1.29, 1.82) is 0 Å². The summed E-state index contributed by atoms with van der Waals surface area (Å²) in [5.41, 5.74) is 2.28. The first kappa shape index (κ1) is 25.6. The molecule has 0 amide bonds. The average molecular weight is 533 g/mol. The number of ketones is 1. The molecule has 2 aliphatic rings. The van der Waals surface area contributed by atoms with Gasteiger partial charge in [0.25, 0.3) is 0 Å². The Labute approximate surface area is 225 Å². The molecule has 8 heteroatoms. The van der Waals surface area contributed by atoms with Gasteiger partial charge in [0.05, 0.1) is 17.8 Å². The third kappa shape index (κ3) is 5.43. The van der Waals surface area contributed by atoms with Gasteiger partial charge in [-0.3, -0.25) is 9.69 Å².